The third-order valence-corrected chi connectivity index (χ3v) is 6.42. The minimum absolute atomic E-state index is 0.0671. The highest BCUT2D eigenvalue weighted by atomic mass is 19.4. The van der Waals surface area contributed by atoms with Crippen molar-refractivity contribution in [3.05, 3.63) is 77.9 Å². The van der Waals surface area contributed by atoms with Crippen molar-refractivity contribution in [1.29, 1.82) is 0 Å². The number of carboxylic acids is 1. The number of carbonyl (C=O) groups excluding carboxylic acids is 1. The molecule has 0 unspecified atom stereocenters. The molecule has 0 fully saturated rings. The Morgan fingerprint density at radius 2 is 1.44 bits per heavy atom. The zero-order chi connectivity index (χ0) is 31.4. The third-order valence-electron chi connectivity index (χ3n) is 6.42. The van der Waals surface area contributed by atoms with Crippen LogP contribution < -0.4 is 9.47 Å². The number of alkyl halides is 6. The zero-order valence-electron chi connectivity index (χ0n) is 22.6. The molecular formula is C29H25F6N3O5. The second-order valence-corrected chi connectivity index (χ2v) is 9.60. The van der Waals surface area contributed by atoms with Crippen LogP contribution >= 0.6 is 0 Å². The number of aliphatic carboxylic acids is 1. The summed E-state index contributed by atoms with van der Waals surface area (Å²) < 4.78 is 85.0. The molecule has 1 aromatic heterocycles. The number of ether oxygens (including phenoxy) is 2. The smallest absolute Gasteiger partial charge is 0.481 e. The van der Waals surface area contributed by atoms with Gasteiger partial charge in [-0.05, 0) is 73.0 Å². The molecule has 0 saturated carbocycles. The minimum atomic E-state index is -4.86. The van der Waals surface area contributed by atoms with Crippen LogP contribution in [0.1, 0.15) is 19.3 Å². The maximum atomic E-state index is 12.7. The van der Waals surface area contributed by atoms with Crippen molar-refractivity contribution >= 4 is 11.9 Å². The second kappa shape index (κ2) is 12.6. The highest BCUT2D eigenvalue weighted by Crippen LogP contribution is 2.32. The van der Waals surface area contributed by atoms with Gasteiger partial charge in [-0.15, -0.1) is 26.3 Å². The summed E-state index contributed by atoms with van der Waals surface area (Å²) in [5, 5.41) is 13.5. The van der Waals surface area contributed by atoms with Gasteiger partial charge in [-0.1, -0.05) is 12.2 Å². The van der Waals surface area contributed by atoms with Gasteiger partial charge in [0.25, 0.3) is 0 Å². The number of aromatic nitrogens is 2. The van der Waals surface area contributed by atoms with E-state index in [4.69, 9.17) is 5.11 Å². The summed E-state index contributed by atoms with van der Waals surface area (Å²) in [4.78, 5) is 24.8. The number of halogens is 6. The lowest BCUT2D eigenvalue weighted by molar-refractivity contribution is -0.275. The molecule has 1 aliphatic rings. The summed E-state index contributed by atoms with van der Waals surface area (Å²) in [5.41, 5.74) is 3.29. The fourth-order valence-electron chi connectivity index (χ4n) is 4.36. The largest absolute Gasteiger partial charge is 0.573 e. The van der Waals surface area contributed by atoms with Crippen LogP contribution in [0.5, 0.6) is 11.5 Å². The molecule has 0 aliphatic heterocycles. The molecule has 14 heteroatoms. The topological polar surface area (TPSA) is 93.9 Å². The number of carboxylic acid groups (broad SMARTS) is 1. The fourth-order valence-corrected chi connectivity index (χ4v) is 4.36. The van der Waals surface area contributed by atoms with Crippen LogP contribution in [0, 0.1) is 0 Å². The summed E-state index contributed by atoms with van der Waals surface area (Å²) in [6.45, 7) is 0.315. The van der Waals surface area contributed by atoms with Gasteiger partial charge in [0.1, 0.15) is 11.5 Å². The Balaban J connectivity index is 1.61. The van der Waals surface area contributed by atoms with Crippen molar-refractivity contribution in [2.24, 2.45) is 0 Å². The Hall–Kier alpha value is -4.75. The number of nitrogens with zero attached hydrogens (tertiary/aromatic N) is 3. The SMILES string of the molecule is CN(CCC(=O)O)C(=O)C1=CC=C(Cn2nc(-c3ccc(OC(F)(F)F)cc3)cc2-c2ccc(OC(F)(F)F)cc2)CC1. The highest BCUT2D eigenvalue weighted by molar-refractivity contribution is 5.94. The summed E-state index contributed by atoms with van der Waals surface area (Å²) in [6, 6.07) is 11.9. The van der Waals surface area contributed by atoms with Gasteiger partial charge in [0.2, 0.25) is 5.91 Å². The normalized spacial score (nSPS) is 13.7. The molecule has 1 heterocycles. The molecule has 0 atom stereocenters. The number of likely N-dealkylation sites (N-methyl/N-ethyl adjacent to an activating group) is 1. The summed E-state index contributed by atoms with van der Waals surface area (Å²) in [6.07, 6.45) is -5.58. The second-order valence-electron chi connectivity index (χ2n) is 9.60. The van der Waals surface area contributed by atoms with Crippen LogP contribution in [0.4, 0.5) is 26.3 Å². The predicted octanol–water partition coefficient (Wildman–Crippen LogP) is 6.59. The van der Waals surface area contributed by atoms with Gasteiger partial charge >= 0.3 is 18.7 Å². The lowest BCUT2D eigenvalue weighted by Gasteiger charge is -2.21. The Labute approximate surface area is 241 Å². The zero-order valence-corrected chi connectivity index (χ0v) is 22.6. The van der Waals surface area contributed by atoms with Gasteiger partial charge in [-0.2, -0.15) is 5.10 Å². The molecule has 1 amide bonds. The molecular weight excluding hydrogens is 584 g/mol. The third kappa shape index (κ3) is 8.87. The monoisotopic (exact) mass is 609 g/mol. The maximum absolute atomic E-state index is 12.7. The van der Waals surface area contributed by atoms with E-state index in [1.807, 2.05) is 0 Å². The summed E-state index contributed by atoms with van der Waals surface area (Å²) in [7, 11) is 1.52. The number of benzene rings is 2. The van der Waals surface area contributed by atoms with E-state index in [0.717, 1.165) is 29.8 Å². The molecule has 1 aliphatic carbocycles. The van der Waals surface area contributed by atoms with Crippen LogP contribution in [0.3, 0.4) is 0 Å². The molecule has 43 heavy (non-hydrogen) atoms. The molecule has 3 aromatic rings. The molecule has 0 radical (unpaired) electrons. The van der Waals surface area contributed by atoms with Crippen molar-refractivity contribution in [2.75, 3.05) is 13.6 Å². The van der Waals surface area contributed by atoms with E-state index in [0.29, 0.717) is 40.9 Å². The van der Waals surface area contributed by atoms with Crippen molar-refractivity contribution in [2.45, 2.75) is 38.5 Å². The van der Waals surface area contributed by atoms with E-state index in [9.17, 15) is 35.9 Å². The number of carbonyl (C=O) groups is 2. The Kier molecular flexibility index (Phi) is 9.16. The first kappa shape index (κ1) is 31.2. The van der Waals surface area contributed by atoms with Crippen molar-refractivity contribution in [1.82, 2.24) is 14.7 Å². The summed E-state index contributed by atoms with van der Waals surface area (Å²) in [5.74, 6) is -2.11. The van der Waals surface area contributed by atoms with Crippen LogP contribution in [-0.4, -0.2) is 58.0 Å². The quantitative estimate of drug-likeness (QED) is 0.261. The maximum Gasteiger partial charge on any atom is 0.573 e. The molecule has 228 valence electrons. The molecule has 0 spiro atoms. The summed E-state index contributed by atoms with van der Waals surface area (Å²) >= 11 is 0. The lowest BCUT2D eigenvalue weighted by Crippen LogP contribution is -2.30. The van der Waals surface area contributed by atoms with Gasteiger partial charge in [0.15, 0.2) is 0 Å². The van der Waals surface area contributed by atoms with Gasteiger partial charge in [-0.25, -0.2) is 0 Å². The Morgan fingerprint density at radius 1 is 0.884 bits per heavy atom. The average molecular weight is 610 g/mol. The van der Waals surface area contributed by atoms with E-state index in [1.54, 1.807) is 22.9 Å². The lowest BCUT2D eigenvalue weighted by atomic mass is 9.97. The fraction of sp³-hybridized carbons (Fsp3) is 0.276. The molecule has 4 rings (SSSR count). The number of amides is 1. The van der Waals surface area contributed by atoms with Gasteiger partial charge < -0.3 is 19.5 Å². The van der Waals surface area contributed by atoms with Gasteiger partial charge in [0, 0.05) is 30.3 Å². The van der Waals surface area contributed by atoms with E-state index in [1.165, 1.54) is 36.2 Å². The standard InChI is InChI=1S/C29H25F6N3O5/c1-37(15-14-26(39)40)27(41)21-4-2-18(3-5-21)17-38-25(20-8-12-23(13-9-20)43-29(33,34)35)16-24(36-38)19-6-10-22(11-7-19)42-28(30,31)32/h2,4,6-13,16H,3,5,14-15,17H2,1H3,(H,39,40). The number of allylic oxidation sites excluding steroid dienone is 3. The molecule has 0 saturated heterocycles. The van der Waals surface area contributed by atoms with Crippen LogP contribution in [0.15, 0.2) is 77.9 Å². The van der Waals surface area contributed by atoms with Crippen molar-refractivity contribution in [3.63, 3.8) is 0 Å². The number of rotatable bonds is 10. The molecule has 2 aromatic carbocycles. The van der Waals surface area contributed by atoms with Crippen LogP contribution in [0.25, 0.3) is 22.5 Å². The molecule has 1 N–H and O–H groups in total. The van der Waals surface area contributed by atoms with Gasteiger partial charge in [-0.3, -0.25) is 14.3 Å². The average Bonchev–Trinajstić information content (AvgIpc) is 3.34. The highest BCUT2D eigenvalue weighted by Gasteiger charge is 2.32. The van der Waals surface area contributed by atoms with E-state index in [2.05, 4.69) is 14.6 Å². The Morgan fingerprint density at radius 3 is 1.93 bits per heavy atom. The van der Waals surface area contributed by atoms with Crippen LogP contribution in [0.2, 0.25) is 0 Å². The van der Waals surface area contributed by atoms with Crippen molar-refractivity contribution < 1.29 is 50.5 Å². The van der Waals surface area contributed by atoms with E-state index < -0.39 is 30.2 Å². The first-order chi connectivity index (χ1) is 20.2. The molecule has 8 nitrogen and oxygen atoms in total. The Bertz CT molecular complexity index is 1520. The number of hydrogen-bond donors (Lipinski definition) is 1. The van der Waals surface area contributed by atoms with Crippen LogP contribution in [-0.2, 0) is 16.1 Å². The van der Waals surface area contributed by atoms with E-state index >= 15 is 0 Å². The first-order valence-corrected chi connectivity index (χ1v) is 12.8. The number of hydrogen-bond acceptors (Lipinski definition) is 5. The predicted molar refractivity (Wildman–Crippen MR) is 142 cm³/mol. The first-order valence-electron chi connectivity index (χ1n) is 12.8. The molecule has 0 bridgehead atoms. The van der Waals surface area contributed by atoms with Crippen molar-refractivity contribution in [3.8, 4) is 34.0 Å². The van der Waals surface area contributed by atoms with E-state index in [-0.39, 0.29) is 25.4 Å². The minimum Gasteiger partial charge on any atom is -0.481 e. The van der Waals surface area contributed by atoms with Gasteiger partial charge in [0.05, 0.1) is 24.4 Å².